The van der Waals surface area contributed by atoms with Crippen LogP contribution in [0.15, 0.2) is 0 Å². The zero-order valence-electron chi connectivity index (χ0n) is 21.0. The molecule has 5 heteroatoms. The number of Topliss-reactive ketones (excluding diaryl/α,β-unsaturated/α-hetero) is 1. The summed E-state index contributed by atoms with van der Waals surface area (Å²) in [4.78, 5) is 16.2. The molecule has 2 saturated heterocycles. The molecule has 0 aromatic carbocycles. The number of piperidine rings is 1. The highest BCUT2D eigenvalue weighted by atomic mass is 16.5. The van der Waals surface area contributed by atoms with Crippen LogP contribution in [0, 0.1) is 29.1 Å². The Morgan fingerprint density at radius 1 is 1.03 bits per heavy atom. The minimum absolute atomic E-state index is 0.160. The first-order chi connectivity index (χ1) is 16.6. The van der Waals surface area contributed by atoms with Gasteiger partial charge in [0.15, 0.2) is 5.78 Å². The van der Waals surface area contributed by atoms with E-state index < -0.39 is 6.10 Å². The van der Waals surface area contributed by atoms with Gasteiger partial charge < -0.3 is 14.6 Å². The first-order valence-corrected chi connectivity index (χ1v) is 14.9. The topological polar surface area (TPSA) is 59.0 Å². The summed E-state index contributed by atoms with van der Waals surface area (Å²) in [5.41, 5.74) is -0.481. The molecule has 0 aromatic rings. The molecule has 2 heterocycles. The Morgan fingerprint density at radius 2 is 1.88 bits per heavy atom. The van der Waals surface area contributed by atoms with E-state index in [1.54, 1.807) is 0 Å². The number of carbonyl (C=O) groups is 1. The molecule has 34 heavy (non-hydrogen) atoms. The lowest BCUT2D eigenvalue weighted by molar-refractivity contribution is -0.272. The Kier molecular flexibility index (Phi) is 5.69. The SMILES string of the molecule is O=C1CC[C@@]2(OCCCC3CCCCC3)C3CC4CCC(O)C5O[C@@H]1[C@]2(CCN3CC1CC1)C45. The van der Waals surface area contributed by atoms with Crippen molar-refractivity contribution in [1.82, 2.24) is 4.90 Å². The molecule has 5 aliphatic carbocycles. The Balaban J connectivity index is 1.20. The number of aliphatic hydroxyl groups is 1. The fourth-order valence-electron chi connectivity index (χ4n) is 10.0. The van der Waals surface area contributed by atoms with Crippen molar-refractivity contribution in [2.24, 2.45) is 29.1 Å². The van der Waals surface area contributed by atoms with Crippen LogP contribution in [0.25, 0.3) is 0 Å². The van der Waals surface area contributed by atoms with E-state index in [0.29, 0.717) is 24.3 Å². The van der Waals surface area contributed by atoms with Gasteiger partial charge in [0.25, 0.3) is 0 Å². The summed E-state index contributed by atoms with van der Waals surface area (Å²) < 4.78 is 13.8. The van der Waals surface area contributed by atoms with Crippen molar-refractivity contribution >= 4 is 5.78 Å². The highest BCUT2D eigenvalue weighted by Crippen LogP contribution is 2.70. The molecular weight excluding hydrogens is 426 g/mol. The van der Waals surface area contributed by atoms with E-state index in [-0.39, 0.29) is 29.0 Å². The fraction of sp³-hybridized carbons (Fsp3) is 0.966. The molecule has 1 N–H and O–H groups in total. The van der Waals surface area contributed by atoms with E-state index in [1.165, 1.54) is 64.3 Å². The van der Waals surface area contributed by atoms with E-state index >= 15 is 0 Å². The average Bonchev–Trinajstić information content (AvgIpc) is 3.59. The summed E-state index contributed by atoms with van der Waals surface area (Å²) in [6, 6.07) is 0.422. The van der Waals surface area contributed by atoms with Crippen molar-refractivity contribution in [3.8, 4) is 0 Å². The highest BCUT2D eigenvalue weighted by molar-refractivity contribution is 5.86. The van der Waals surface area contributed by atoms with Crippen LogP contribution in [0.4, 0.5) is 0 Å². The normalized spacial score (nSPS) is 48.7. The molecule has 1 spiro atoms. The van der Waals surface area contributed by atoms with Crippen molar-refractivity contribution in [3.63, 3.8) is 0 Å². The molecule has 0 aromatic heterocycles. The van der Waals surface area contributed by atoms with Crippen LogP contribution in [0.2, 0.25) is 0 Å². The number of hydrogen-bond donors (Lipinski definition) is 1. The predicted octanol–water partition coefficient (Wildman–Crippen LogP) is 4.49. The molecule has 190 valence electrons. The molecule has 7 aliphatic rings. The molecule has 5 nitrogen and oxygen atoms in total. The Morgan fingerprint density at radius 3 is 2.71 bits per heavy atom. The minimum Gasteiger partial charge on any atom is -0.390 e. The zero-order valence-corrected chi connectivity index (χ0v) is 21.0. The predicted molar refractivity (Wildman–Crippen MR) is 129 cm³/mol. The number of aliphatic hydroxyl groups excluding tert-OH is 1. The lowest BCUT2D eigenvalue weighted by Crippen LogP contribution is -2.78. The Bertz CT molecular complexity index is 793. The van der Waals surface area contributed by atoms with Crippen molar-refractivity contribution in [2.75, 3.05) is 19.7 Å². The summed E-state index contributed by atoms with van der Waals surface area (Å²) in [6.45, 7) is 3.13. The van der Waals surface area contributed by atoms with Gasteiger partial charge in [0.2, 0.25) is 0 Å². The maximum absolute atomic E-state index is 13.4. The van der Waals surface area contributed by atoms with Gasteiger partial charge in [-0.2, -0.15) is 0 Å². The van der Waals surface area contributed by atoms with Crippen LogP contribution in [-0.2, 0) is 14.3 Å². The zero-order chi connectivity index (χ0) is 22.9. The van der Waals surface area contributed by atoms with Gasteiger partial charge >= 0.3 is 0 Å². The Labute approximate surface area is 205 Å². The third kappa shape index (κ3) is 3.28. The first-order valence-electron chi connectivity index (χ1n) is 14.9. The second-order valence-electron chi connectivity index (χ2n) is 13.2. The van der Waals surface area contributed by atoms with Crippen molar-refractivity contribution in [1.29, 1.82) is 0 Å². The van der Waals surface area contributed by atoms with E-state index in [1.807, 2.05) is 0 Å². The summed E-state index contributed by atoms with van der Waals surface area (Å²) in [6.07, 6.45) is 16.9. The standard InChI is InChI=1S/C29H45NO4/c31-22-11-10-21-17-24-29(33-16-4-7-19-5-2-1-3-6-19)13-12-23(32)27-28(29,25(21)26(22)34-27)14-15-30(24)18-20-8-9-20/h19-22,24-27,31H,1-18H2/t21?,22?,24?,25?,26?,27-,28-,29+/m0/s1. The molecule has 8 atom stereocenters. The molecule has 7 rings (SSSR count). The van der Waals surface area contributed by atoms with Crippen LogP contribution in [0.5, 0.6) is 0 Å². The van der Waals surface area contributed by atoms with Crippen LogP contribution in [0.1, 0.15) is 96.3 Å². The summed E-state index contributed by atoms with van der Waals surface area (Å²) >= 11 is 0. The quantitative estimate of drug-likeness (QED) is 0.554. The molecule has 0 radical (unpaired) electrons. The van der Waals surface area contributed by atoms with Gasteiger partial charge in [0.05, 0.1) is 17.8 Å². The highest BCUT2D eigenvalue weighted by Gasteiger charge is 2.78. The summed E-state index contributed by atoms with van der Waals surface area (Å²) in [5, 5.41) is 11.0. The van der Waals surface area contributed by atoms with Gasteiger partial charge in [0, 0.05) is 36.9 Å². The van der Waals surface area contributed by atoms with Gasteiger partial charge in [0.1, 0.15) is 6.10 Å². The van der Waals surface area contributed by atoms with Crippen LogP contribution in [-0.4, -0.2) is 65.4 Å². The average molecular weight is 472 g/mol. The molecule has 2 bridgehead atoms. The third-order valence-electron chi connectivity index (χ3n) is 11.6. The molecule has 0 amide bonds. The third-order valence-corrected chi connectivity index (χ3v) is 11.6. The maximum Gasteiger partial charge on any atom is 0.162 e. The van der Waals surface area contributed by atoms with Crippen LogP contribution in [0.3, 0.4) is 0 Å². The number of rotatable bonds is 7. The second-order valence-corrected chi connectivity index (χ2v) is 13.2. The van der Waals surface area contributed by atoms with Gasteiger partial charge in [-0.1, -0.05) is 32.1 Å². The van der Waals surface area contributed by atoms with Gasteiger partial charge in [-0.3, -0.25) is 9.69 Å². The number of carbonyl (C=O) groups excluding carboxylic acids is 1. The second kappa shape index (κ2) is 8.53. The lowest BCUT2D eigenvalue weighted by atomic mass is 9.42. The number of likely N-dealkylation sites (tertiary alicyclic amines) is 1. The number of hydrogen-bond acceptors (Lipinski definition) is 5. The van der Waals surface area contributed by atoms with E-state index in [9.17, 15) is 9.90 Å². The smallest absolute Gasteiger partial charge is 0.162 e. The number of ketones is 1. The Hall–Kier alpha value is -0.490. The molecular formula is C29H45NO4. The van der Waals surface area contributed by atoms with E-state index in [2.05, 4.69) is 4.90 Å². The fourth-order valence-corrected chi connectivity index (χ4v) is 10.0. The minimum atomic E-state index is -0.418. The monoisotopic (exact) mass is 471 g/mol. The molecule has 5 saturated carbocycles. The molecule has 7 fully saturated rings. The van der Waals surface area contributed by atoms with Gasteiger partial charge in [-0.25, -0.2) is 0 Å². The van der Waals surface area contributed by atoms with Crippen molar-refractivity contribution in [3.05, 3.63) is 0 Å². The van der Waals surface area contributed by atoms with Crippen molar-refractivity contribution < 1.29 is 19.4 Å². The van der Waals surface area contributed by atoms with E-state index in [0.717, 1.165) is 57.1 Å². The van der Waals surface area contributed by atoms with Crippen LogP contribution >= 0.6 is 0 Å². The summed E-state index contributed by atoms with van der Waals surface area (Å²) in [5.74, 6) is 2.91. The summed E-state index contributed by atoms with van der Waals surface area (Å²) in [7, 11) is 0. The van der Waals surface area contributed by atoms with Crippen LogP contribution < -0.4 is 0 Å². The number of nitrogens with zero attached hydrogens (tertiary/aromatic N) is 1. The maximum atomic E-state index is 13.4. The largest absolute Gasteiger partial charge is 0.390 e. The molecule has 5 unspecified atom stereocenters. The number of ether oxygens (including phenoxy) is 2. The van der Waals surface area contributed by atoms with Gasteiger partial charge in [-0.05, 0) is 82.1 Å². The molecule has 2 aliphatic heterocycles. The lowest BCUT2D eigenvalue weighted by Gasteiger charge is -2.69. The van der Waals surface area contributed by atoms with Crippen molar-refractivity contribution in [2.45, 2.75) is 126 Å². The first kappa shape index (κ1) is 22.7. The van der Waals surface area contributed by atoms with Gasteiger partial charge in [-0.15, -0.1) is 0 Å². The van der Waals surface area contributed by atoms with E-state index in [4.69, 9.17) is 9.47 Å².